The van der Waals surface area contributed by atoms with Gasteiger partial charge < -0.3 is 24.0 Å². The molecule has 0 unspecified atom stereocenters. The second-order valence-electron chi connectivity index (χ2n) is 5.52. The molecule has 0 amide bonds. The molecular weight excluding hydrogens is 289 g/mol. The van der Waals surface area contributed by atoms with Crippen LogP contribution in [0.2, 0.25) is 0 Å². The maximum absolute atomic E-state index is 11.9. The first-order valence-corrected chi connectivity index (χ1v) is 7.59. The van der Waals surface area contributed by atoms with Gasteiger partial charge in [-0.2, -0.15) is 0 Å². The predicted molar refractivity (Wildman–Crippen MR) is 98.9 cm³/mol. The van der Waals surface area contributed by atoms with Gasteiger partial charge in [0.2, 0.25) is 0 Å². The Hall–Kier alpha value is -2.53. The summed E-state index contributed by atoms with van der Waals surface area (Å²) in [4.78, 5) is 3.18. The van der Waals surface area contributed by atoms with Crippen LogP contribution in [0.1, 0.15) is 5.56 Å². The molecule has 0 aliphatic rings. The Labute approximate surface area is 152 Å². The summed E-state index contributed by atoms with van der Waals surface area (Å²) >= 11 is 0. The van der Waals surface area contributed by atoms with Crippen LogP contribution in [0.4, 0.5) is 5.69 Å². The van der Waals surface area contributed by atoms with Crippen molar-refractivity contribution in [3.8, 4) is 5.75 Å². The molecule has 0 aliphatic carbocycles. The molecule has 0 heterocycles. The van der Waals surface area contributed by atoms with Crippen molar-refractivity contribution < 1.29 is 10.1 Å². The van der Waals surface area contributed by atoms with E-state index in [4.69, 9.17) is 0 Å². The van der Waals surface area contributed by atoms with E-state index in [0.29, 0.717) is 5.69 Å². The number of rotatable bonds is 2. The van der Waals surface area contributed by atoms with Gasteiger partial charge in [0.15, 0.2) is 11.9 Å². The van der Waals surface area contributed by atoms with Crippen LogP contribution in [-0.2, 0) is 0 Å². The molecule has 0 aromatic heterocycles. The van der Waals surface area contributed by atoms with Crippen LogP contribution in [0.5, 0.6) is 5.75 Å². The third kappa shape index (κ3) is 2.95. The van der Waals surface area contributed by atoms with Gasteiger partial charge in [0.05, 0.1) is 5.56 Å². The van der Waals surface area contributed by atoms with Crippen LogP contribution in [0.25, 0.3) is 21.5 Å². The van der Waals surface area contributed by atoms with Crippen molar-refractivity contribution >= 4 is 52.3 Å². The van der Waals surface area contributed by atoms with Gasteiger partial charge in [-0.1, -0.05) is 66.7 Å². The van der Waals surface area contributed by atoms with E-state index in [1.165, 1.54) is 21.5 Å². The first-order valence-electron chi connectivity index (χ1n) is 7.59. The molecule has 4 aromatic carbocycles. The number of nitrogens with one attached hydrogen (secondary N) is 1. The standard InChI is InChI=1S/C21H15NO.Li/c23-21-12-6-5-11-20(21)22-14-19-17-9-3-1-7-15(17)13-16-8-2-4-10-18(16)19;/h1-14,23H;/q;-1. The SMILES string of the molecule is [Li-].[O-]c1ccccc1[NH+]=Cc1c2ccccc2cc2ccccc12. The van der Waals surface area contributed by atoms with Crippen molar-refractivity contribution in [2.24, 2.45) is 0 Å². The molecule has 0 saturated carbocycles. The largest absolute Gasteiger partial charge is 1.00 e. The second kappa shape index (κ2) is 6.93. The molecule has 112 valence electrons. The molecule has 3 heteroatoms. The zero-order valence-electron chi connectivity index (χ0n) is 13.5. The van der Waals surface area contributed by atoms with Crippen LogP contribution in [0, 0.1) is 0 Å². The molecule has 0 spiro atoms. The Balaban J connectivity index is 0.00000169. The Morgan fingerprint density at radius 2 is 1.25 bits per heavy atom. The number of para-hydroxylation sites is 2. The fourth-order valence-electron chi connectivity index (χ4n) is 2.94. The van der Waals surface area contributed by atoms with Gasteiger partial charge in [0, 0.05) is 6.07 Å². The first-order chi connectivity index (χ1) is 11.3. The van der Waals surface area contributed by atoms with Crippen LogP contribution < -0.4 is 10.1 Å². The normalized spacial score (nSPS) is 11.0. The maximum Gasteiger partial charge on any atom is 0.195 e. The first kappa shape index (κ1) is 16.3. The summed E-state index contributed by atoms with van der Waals surface area (Å²) in [5.41, 5.74) is 1.69. The summed E-state index contributed by atoms with van der Waals surface area (Å²) in [6, 6.07) is 25.8. The van der Waals surface area contributed by atoms with E-state index < -0.39 is 0 Å². The van der Waals surface area contributed by atoms with Crippen molar-refractivity contribution in [3.05, 3.63) is 84.4 Å². The quantitative estimate of drug-likeness (QED) is 0.345. The fourth-order valence-corrected chi connectivity index (χ4v) is 2.94. The average Bonchev–Trinajstić information content (AvgIpc) is 2.60. The molecule has 24 heavy (non-hydrogen) atoms. The van der Waals surface area contributed by atoms with Crippen molar-refractivity contribution in [1.82, 2.24) is 0 Å². The van der Waals surface area contributed by atoms with E-state index in [1.54, 1.807) is 18.2 Å². The molecule has 1 N–H and O–H groups in total. The van der Waals surface area contributed by atoms with Gasteiger partial charge in [-0.3, -0.25) is 0 Å². The van der Waals surface area contributed by atoms with E-state index in [-0.39, 0.29) is 24.6 Å². The summed E-state index contributed by atoms with van der Waals surface area (Å²) in [7, 11) is 0. The summed E-state index contributed by atoms with van der Waals surface area (Å²) in [5, 5.41) is 16.6. The number of hydrogen-bond acceptors (Lipinski definition) is 1. The molecule has 0 fully saturated rings. The van der Waals surface area contributed by atoms with Gasteiger partial charge >= 0.3 is 0 Å². The van der Waals surface area contributed by atoms with Gasteiger partial charge in [0.1, 0.15) is 0 Å². The van der Waals surface area contributed by atoms with E-state index in [2.05, 4.69) is 35.3 Å². The molecular formula is C21H15LiNO-. The summed E-state index contributed by atoms with van der Waals surface area (Å²) in [6.45, 7) is 0. The number of benzene rings is 4. The van der Waals surface area contributed by atoms with Crippen molar-refractivity contribution in [2.45, 2.75) is 0 Å². The fraction of sp³-hybridized carbons (Fsp3) is 0. The van der Waals surface area contributed by atoms with E-state index in [1.807, 2.05) is 36.5 Å². The van der Waals surface area contributed by atoms with Crippen molar-refractivity contribution in [3.63, 3.8) is 0 Å². The Morgan fingerprint density at radius 3 is 1.88 bits per heavy atom. The molecule has 0 atom stereocenters. The number of fused-ring (bicyclic) bond motifs is 2. The van der Waals surface area contributed by atoms with E-state index in [0.717, 1.165) is 5.56 Å². The molecule has 4 rings (SSSR count). The minimum Gasteiger partial charge on any atom is -1.00 e. The predicted octanol–water partition coefficient (Wildman–Crippen LogP) is 2.52. The Morgan fingerprint density at radius 1 is 0.708 bits per heavy atom. The summed E-state index contributed by atoms with van der Waals surface area (Å²) in [5.74, 6) is -0.00621. The van der Waals surface area contributed by atoms with Crippen molar-refractivity contribution in [2.75, 3.05) is 0 Å². The van der Waals surface area contributed by atoms with Crippen LogP contribution in [-0.4, -0.2) is 25.1 Å². The third-order valence-electron chi connectivity index (χ3n) is 4.07. The van der Waals surface area contributed by atoms with Gasteiger partial charge in [-0.25, -0.2) is 4.99 Å². The maximum atomic E-state index is 11.9. The molecule has 0 saturated heterocycles. The van der Waals surface area contributed by atoms with E-state index in [9.17, 15) is 5.11 Å². The monoisotopic (exact) mass is 304 g/mol. The molecule has 2 radical (unpaired) electrons. The Bertz CT molecular complexity index is 986. The third-order valence-corrected chi connectivity index (χ3v) is 4.07. The average molecular weight is 304 g/mol. The number of hydrogen-bond donors (Lipinski definition) is 1. The Kier molecular flexibility index (Phi) is 4.71. The molecule has 0 aliphatic heterocycles. The minimum atomic E-state index is -0.00621. The second-order valence-corrected chi connectivity index (χ2v) is 5.52. The van der Waals surface area contributed by atoms with Crippen LogP contribution in [0.3, 0.4) is 0 Å². The van der Waals surface area contributed by atoms with Crippen LogP contribution in [0.15, 0.2) is 78.9 Å². The summed E-state index contributed by atoms with van der Waals surface area (Å²) in [6.07, 6.45) is 1.93. The summed E-state index contributed by atoms with van der Waals surface area (Å²) < 4.78 is 0. The van der Waals surface area contributed by atoms with Crippen LogP contribution >= 0.6 is 0 Å². The van der Waals surface area contributed by atoms with Gasteiger partial charge in [-0.05, 0) is 33.4 Å². The van der Waals surface area contributed by atoms with Gasteiger partial charge in [0.25, 0.3) is 0 Å². The molecule has 2 nitrogen and oxygen atoms in total. The topological polar surface area (TPSA) is 37.0 Å². The molecule has 0 bridgehead atoms. The zero-order chi connectivity index (χ0) is 15.6. The molecule has 4 aromatic rings. The van der Waals surface area contributed by atoms with Gasteiger partial charge in [-0.15, -0.1) is 0 Å². The van der Waals surface area contributed by atoms with Crippen molar-refractivity contribution in [1.29, 1.82) is 0 Å². The van der Waals surface area contributed by atoms with E-state index >= 15 is 0 Å². The zero-order valence-corrected chi connectivity index (χ0v) is 13.5. The smallest absolute Gasteiger partial charge is 0.195 e. The minimum absolute atomic E-state index is 0.